The van der Waals surface area contributed by atoms with Gasteiger partial charge in [0.15, 0.2) is 0 Å². The van der Waals surface area contributed by atoms with Crippen LogP contribution in [0.25, 0.3) is 0 Å². The fourth-order valence-electron chi connectivity index (χ4n) is 2.26. The summed E-state index contributed by atoms with van der Waals surface area (Å²) in [4.78, 5) is 0. The average Bonchev–Trinajstić information content (AvgIpc) is 2.34. The molecule has 0 radical (unpaired) electrons. The van der Waals surface area contributed by atoms with E-state index in [2.05, 4.69) is 19.2 Å². The molecule has 2 N–H and O–H groups in total. The Morgan fingerprint density at radius 1 is 1.47 bits per heavy atom. The Balaban J connectivity index is 2.33. The fourth-order valence-corrected chi connectivity index (χ4v) is 2.26. The second-order valence-corrected chi connectivity index (χ2v) is 5.20. The molecule has 1 rings (SSSR count). The van der Waals surface area contributed by atoms with Crippen LogP contribution in [0.1, 0.15) is 33.1 Å². The third kappa shape index (κ3) is 5.34. The standard InChI is InChI=1S/C13H27NO3/c1-10(2)13-8-11(5-7-17-13)14-12(9-15)4-6-16-3/h10-15H,4-9H2,1-3H3. The Morgan fingerprint density at radius 2 is 2.24 bits per heavy atom. The number of methoxy groups -OCH3 is 1. The first kappa shape index (κ1) is 14.9. The van der Waals surface area contributed by atoms with E-state index in [4.69, 9.17) is 9.47 Å². The van der Waals surface area contributed by atoms with Gasteiger partial charge in [-0.2, -0.15) is 0 Å². The lowest BCUT2D eigenvalue weighted by molar-refractivity contribution is -0.0274. The molecule has 0 spiro atoms. The summed E-state index contributed by atoms with van der Waals surface area (Å²) in [5.74, 6) is 0.561. The zero-order chi connectivity index (χ0) is 12.7. The third-order valence-corrected chi connectivity index (χ3v) is 3.42. The van der Waals surface area contributed by atoms with E-state index in [9.17, 15) is 5.11 Å². The molecule has 0 aromatic rings. The number of rotatable bonds is 7. The van der Waals surface area contributed by atoms with E-state index in [0.717, 1.165) is 25.9 Å². The molecule has 0 saturated carbocycles. The van der Waals surface area contributed by atoms with Crippen LogP contribution in [0, 0.1) is 5.92 Å². The van der Waals surface area contributed by atoms with Gasteiger partial charge in [0.05, 0.1) is 12.7 Å². The summed E-state index contributed by atoms with van der Waals surface area (Å²) in [7, 11) is 1.69. The zero-order valence-electron chi connectivity index (χ0n) is 11.3. The first-order valence-corrected chi connectivity index (χ1v) is 6.64. The third-order valence-electron chi connectivity index (χ3n) is 3.42. The van der Waals surface area contributed by atoms with Gasteiger partial charge in [-0.05, 0) is 25.2 Å². The Labute approximate surface area is 105 Å². The lowest BCUT2D eigenvalue weighted by Gasteiger charge is -2.34. The maximum atomic E-state index is 9.31. The van der Waals surface area contributed by atoms with E-state index in [-0.39, 0.29) is 12.6 Å². The summed E-state index contributed by atoms with van der Waals surface area (Å²) >= 11 is 0. The van der Waals surface area contributed by atoms with E-state index in [1.54, 1.807) is 7.11 Å². The van der Waals surface area contributed by atoms with E-state index < -0.39 is 0 Å². The van der Waals surface area contributed by atoms with Crippen molar-refractivity contribution >= 4 is 0 Å². The molecule has 3 atom stereocenters. The summed E-state index contributed by atoms with van der Waals surface area (Å²) in [6.07, 6.45) is 3.29. The van der Waals surface area contributed by atoms with Crippen molar-refractivity contribution in [3.05, 3.63) is 0 Å². The molecule has 1 heterocycles. The molecular weight excluding hydrogens is 218 g/mol. The first-order valence-electron chi connectivity index (χ1n) is 6.64. The molecule has 3 unspecified atom stereocenters. The summed E-state index contributed by atoms with van der Waals surface area (Å²) in [6, 6.07) is 0.607. The zero-order valence-corrected chi connectivity index (χ0v) is 11.3. The van der Waals surface area contributed by atoms with Gasteiger partial charge in [0.2, 0.25) is 0 Å². The maximum absolute atomic E-state index is 9.31. The predicted molar refractivity (Wildman–Crippen MR) is 68.1 cm³/mol. The highest BCUT2D eigenvalue weighted by molar-refractivity contribution is 4.81. The molecule has 1 aliphatic rings. The number of hydrogen-bond acceptors (Lipinski definition) is 4. The van der Waals surface area contributed by atoms with Crippen molar-refractivity contribution in [3.63, 3.8) is 0 Å². The molecule has 1 fully saturated rings. The second kappa shape index (κ2) is 8.03. The van der Waals surface area contributed by atoms with Crippen molar-refractivity contribution in [2.45, 2.75) is 51.3 Å². The minimum absolute atomic E-state index is 0.144. The number of aliphatic hydroxyl groups is 1. The minimum Gasteiger partial charge on any atom is -0.395 e. The maximum Gasteiger partial charge on any atom is 0.0612 e. The highest BCUT2D eigenvalue weighted by Gasteiger charge is 2.26. The van der Waals surface area contributed by atoms with Gasteiger partial charge in [-0.15, -0.1) is 0 Å². The summed E-state index contributed by atoms with van der Waals surface area (Å²) in [6.45, 7) is 6.08. The normalized spacial score (nSPS) is 27.4. The van der Waals surface area contributed by atoms with Crippen molar-refractivity contribution in [2.24, 2.45) is 5.92 Å². The molecule has 0 bridgehead atoms. The van der Waals surface area contributed by atoms with Crippen LogP contribution in [0.15, 0.2) is 0 Å². The molecule has 0 amide bonds. The van der Waals surface area contributed by atoms with E-state index in [1.807, 2.05) is 0 Å². The van der Waals surface area contributed by atoms with Crippen molar-refractivity contribution in [2.75, 3.05) is 26.9 Å². The topological polar surface area (TPSA) is 50.7 Å². The average molecular weight is 245 g/mol. The van der Waals surface area contributed by atoms with Gasteiger partial charge in [-0.25, -0.2) is 0 Å². The SMILES string of the molecule is COCCC(CO)NC1CCOC(C(C)C)C1. The van der Waals surface area contributed by atoms with Crippen LogP contribution < -0.4 is 5.32 Å². The minimum atomic E-state index is 0.144. The lowest BCUT2D eigenvalue weighted by atomic mass is 9.94. The van der Waals surface area contributed by atoms with Gasteiger partial charge in [-0.3, -0.25) is 0 Å². The number of hydrogen-bond donors (Lipinski definition) is 2. The molecule has 0 aliphatic carbocycles. The lowest BCUT2D eigenvalue weighted by Crippen LogP contribution is -2.46. The largest absolute Gasteiger partial charge is 0.395 e. The van der Waals surface area contributed by atoms with Gasteiger partial charge < -0.3 is 19.9 Å². The number of ether oxygens (including phenoxy) is 2. The van der Waals surface area contributed by atoms with Crippen LogP contribution in [-0.4, -0.2) is 50.2 Å². The molecule has 0 aromatic heterocycles. The second-order valence-electron chi connectivity index (χ2n) is 5.20. The Hall–Kier alpha value is -0.160. The molecule has 1 saturated heterocycles. The smallest absolute Gasteiger partial charge is 0.0612 e. The predicted octanol–water partition coefficient (Wildman–Crippen LogP) is 1.18. The van der Waals surface area contributed by atoms with Crippen LogP contribution in [0.3, 0.4) is 0 Å². The monoisotopic (exact) mass is 245 g/mol. The number of aliphatic hydroxyl groups excluding tert-OH is 1. The van der Waals surface area contributed by atoms with Crippen molar-refractivity contribution in [1.29, 1.82) is 0 Å². The van der Waals surface area contributed by atoms with E-state index >= 15 is 0 Å². The quantitative estimate of drug-likeness (QED) is 0.707. The molecule has 0 aromatic carbocycles. The summed E-state index contributed by atoms with van der Waals surface area (Å²) in [5, 5.41) is 12.8. The highest BCUT2D eigenvalue weighted by Crippen LogP contribution is 2.20. The van der Waals surface area contributed by atoms with Gasteiger partial charge in [0.25, 0.3) is 0 Å². The first-order chi connectivity index (χ1) is 8.17. The van der Waals surface area contributed by atoms with Gasteiger partial charge >= 0.3 is 0 Å². The summed E-state index contributed by atoms with van der Waals surface area (Å²) in [5.41, 5.74) is 0. The Morgan fingerprint density at radius 3 is 2.82 bits per heavy atom. The number of nitrogens with one attached hydrogen (secondary N) is 1. The Bertz CT molecular complexity index is 199. The molecule has 102 valence electrons. The van der Waals surface area contributed by atoms with Crippen LogP contribution >= 0.6 is 0 Å². The van der Waals surface area contributed by atoms with Crippen LogP contribution in [-0.2, 0) is 9.47 Å². The van der Waals surface area contributed by atoms with Crippen LogP contribution in [0.5, 0.6) is 0 Å². The van der Waals surface area contributed by atoms with E-state index in [0.29, 0.717) is 24.7 Å². The highest BCUT2D eigenvalue weighted by atomic mass is 16.5. The van der Waals surface area contributed by atoms with Gasteiger partial charge in [0.1, 0.15) is 0 Å². The van der Waals surface area contributed by atoms with Crippen molar-refractivity contribution in [1.82, 2.24) is 5.32 Å². The van der Waals surface area contributed by atoms with Crippen molar-refractivity contribution in [3.8, 4) is 0 Å². The van der Waals surface area contributed by atoms with Crippen LogP contribution in [0.2, 0.25) is 0 Å². The Kier molecular flexibility index (Phi) is 7.04. The van der Waals surface area contributed by atoms with Gasteiger partial charge in [-0.1, -0.05) is 13.8 Å². The molecule has 4 heteroatoms. The van der Waals surface area contributed by atoms with Crippen LogP contribution in [0.4, 0.5) is 0 Å². The molecule has 17 heavy (non-hydrogen) atoms. The van der Waals surface area contributed by atoms with Gasteiger partial charge in [0, 0.05) is 32.4 Å². The van der Waals surface area contributed by atoms with E-state index in [1.165, 1.54) is 0 Å². The molecule has 4 nitrogen and oxygen atoms in total. The fraction of sp³-hybridized carbons (Fsp3) is 1.00. The molecule has 1 aliphatic heterocycles. The van der Waals surface area contributed by atoms with Crippen molar-refractivity contribution < 1.29 is 14.6 Å². The molecular formula is C13H27NO3. The summed E-state index contributed by atoms with van der Waals surface area (Å²) < 4.78 is 10.8.